The molecule has 0 N–H and O–H groups in total. The van der Waals surface area contributed by atoms with Crippen molar-refractivity contribution in [3.8, 4) is 5.88 Å². The van der Waals surface area contributed by atoms with Gasteiger partial charge in [-0.3, -0.25) is 4.90 Å². The summed E-state index contributed by atoms with van der Waals surface area (Å²) in [5.74, 6) is 2.01. The van der Waals surface area contributed by atoms with Crippen molar-refractivity contribution in [2.75, 3.05) is 13.1 Å². The highest BCUT2D eigenvalue weighted by molar-refractivity contribution is 5.37. The minimum Gasteiger partial charge on any atom is -0.474 e. The van der Waals surface area contributed by atoms with Crippen molar-refractivity contribution >= 4 is 5.65 Å². The van der Waals surface area contributed by atoms with E-state index in [-0.39, 0.29) is 6.10 Å². The third kappa shape index (κ3) is 3.16. The molecule has 4 heterocycles. The van der Waals surface area contributed by atoms with Gasteiger partial charge >= 0.3 is 0 Å². The van der Waals surface area contributed by atoms with Crippen LogP contribution in [0.3, 0.4) is 0 Å². The van der Waals surface area contributed by atoms with Crippen LogP contribution in [-0.2, 0) is 6.54 Å². The van der Waals surface area contributed by atoms with E-state index in [0.29, 0.717) is 24.1 Å². The molecule has 0 saturated carbocycles. The predicted octanol–water partition coefficient (Wildman–Crippen LogP) is 1.46. The van der Waals surface area contributed by atoms with Gasteiger partial charge in [0.1, 0.15) is 6.10 Å². The van der Waals surface area contributed by atoms with Crippen molar-refractivity contribution in [1.82, 2.24) is 29.6 Å². The van der Waals surface area contributed by atoms with Gasteiger partial charge in [-0.05, 0) is 19.8 Å². The average molecular weight is 314 g/mol. The lowest BCUT2D eigenvalue weighted by Crippen LogP contribution is -2.38. The van der Waals surface area contributed by atoms with Crippen molar-refractivity contribution in [3.63, 3.8) is 0 Å². The van der Waals surface area contributed by atoms with Crippen LogP contribution in [0, 0.1) is 6.92 Å². The first-order valence-corrected chi connectivity index (χ1v) is 7.75. The standard InChI is InChI=1S/C15H18N6O2/c1-11-17-15(23-19-11)10-20-7-3-12(4-8-20)22-14-5-9-21-13(18-14)2-6-16-21/h2,5-6,9,12H,3-4,7-8,10H2,1H3. The third-order valence-electron chi connectivity index (χ3n) is 3.98. The molecule has 0 amide bonds. The van der Waals surface area contributed by atoms with E-state index in [9.17, 15) is 0 Å². The molecule has 1 fully saturated rings. The summed E-state index contributed by atoms with van der Waals surface area (Å²) in [7, 11) is 0. The van der Waals surface area contributed by atoms with Gasteiger partial charge in [-0.1, -0.05) is 5.16 Å². The Kier molecular flexibility index (Phi) is 3.66. The average Bonchev–Trinajstić information content (AvgIpc) is 3.17. The lowest BCUT2D eigenvalue weighted by molar-refractivity contribution is 0.0872. The van der Waals surface area contributed by atoms with Crippen LogP contribution >= 0.6 is 0 Å². The molecule has 3 aromatic heterocycles. The van der Waals surface area contributed by atoms with Crippen LogP contribution in [0.4, 0.5) is 0 Å². The molecule has 0 atom stereocenters. The van der Waals surface area contributed by atoms with E-state index < -0.39 is 0 Å². The van der Waals surface area contributed by atoms with Crippen molar-refractivity contribution in [2.24, 2.45) is 0 Å². The summed E-state index contributed by atoms with van der Waals surface area (Å²) in [6.45, 7) is 4.42. The lowest BCUT2D eigenvalue weighted by Gasteiger charge is -2.30. The highest BCUT2D eigenvalue weighted by atomic mass is 16.5. The van der Waals surface area contributed by atoms with E-state index >= 15 is 0 Å². The molecule has 0 spiro atoms. The van der Waals surface area contributed by atoms with Gasteiger partial charge < -0.3 is 9.26 Å². The van der Waals surface area contributed by atoms with Crippen LogP contribution in [0.2, 0.25) is 0 Å². The summed E-state index contributed by atoms with van der Waals surface area (Å²) in [5, 5.41) is 7.95. The molecule has 23 heavy (non-hydrogen) atoms. The smallest absolute Gasteiger partial charge is 0.240 e. The van der Waals surface area contributed by atoms with Crippen LogP contribution in [0.25, 0.3) is 5.65 Å². The Bertz CT molecular complexity index is 790. The molecule has 0 radical (unpaired) electrons. The lowest BCUT2D eigenvalue weighted by atomic mass is 10.1. The number of hydrogen-bond acceptors (Lipinski definition) is 7. The number of aromatic nitrogens is 5. The molecule has 8 nitrogen and oxygen atoms in total. The Balaban J connectivity index is 1.32. The molecule has 120 valence electrons. The van der Waals surface area contributed by atoms with Crippen LogP contribution in [0.15, 0.2) is 29.0 Å². The molecule has 3 aromatic rings. The van der Waals surface area contributed by atoms with Crippen LogP contribution in [0.1, 0.15) is 24.6 Å². The number of rotatable bonds is 4. The maximum atomic E-state index is 6.01. The second-order valence-corrected chi connectivity index (χ2v) is 5.73. The SMILES string of the molecule is Cc1noc(CN2CCC(Oc3ccn4nccc4n3)CC2)n1. The summed E-state index contributed by atoms with van der Waals surface area (Å²) >= 11 is 0. The van der Waals surface area contributed by atoms with E-state index in [0.717, 1.165) is 31.6 Å². The third-order valence-corrected chi connectivity index (χ3v) is 3.98. The molecule has 8 heteroatoms. The van der Waals surface area contributed by atoms with E-state index in [1.807, 2.05) is 25.3 Å². The minimum absolute atomic E-state index is 0.188. The molecule has 1 saturated heterocycles. The van der Waals surface area contributed by atoms with E-state index in [1.54, 1.807) is 10.7 Å². The van der Waals surface area contributed by atoms with Gasteiger partial charge in [0, 0.05) is 31.4 Å². The molecule has 4 rings (SSSR count). The van der Waals surface area contributed by atoms with Crippen LogP contribution < -0.4 is 4.74 Å². The summed E-state index contributed by atoms with van der Waals surface area (Å²) in [6.07, 6.45) is 5.70. The molecule has 1 aliphatic heterocycles. The summed E-state index contributed by atoms with van der Waals surface area (Å²) in [6, 6.07) is 3.72. The zero-order valence-electron chi connectivity index (χ0n) is 12.9. The van der Waals surface area contributed by atoms with Gasteiger partial charge in [0.05, 0.1) is 12.7 Å². The second-order valence-electron chi connectivity index (χ2n) is 5.73. The highest BCUT2D eigenvalue weighted by Crippen LogP contribution is 2.19. The number of aryl methyl sites for hydroxylation is 1. The fourth-order valence-corrected chi connectivity index (χ4v) is 2.81. The Hall–Kier alpha value is -2.48. The van der Waals surface area contributed by atoms with E-state index in [2.05, 4.69) is 25.1 Å². The summed E-state index contributed by atoms with van der Waals surface area (Å²) < 4.78 is 12.9. The largest absolute Gasteiger partial charge is 0.474 e. The summed E-state index contributed by atoms with van der Waals surface area (Å²) in [4.78, 5) is 11.0. The Morgan fingerprint density at radius 3 is 2.91 bits per heavy atom. The van der Waals surface area contributed by atoms with Gasteiger partial charge in [-0.25, -0.2) is 4.52 Å². The molecular formula is C15H18N6O2. The first-order chi connectivity index (χ1) is 11.3. The van der Waals surface area contributed by atoms with Gasteiger partial charge in [0.25, 0.3) is 0 Å². The van der Waals surface area contributed by atoms with Crippen molar-refractivity contribution in [1.29, 1.82) is 0 Å². The maximum absolute atomic E-state index is 6.01. The van der Waals surface area contributed by atoms with E-state index in [1.165, 1.54) is 0 Å². The van der Waals surface area contributed by atoms with Crippen molar-refractivity contribution < 1.29 is 9.26 Å². The highest BCUT2D eigenvalue weighted by Gasteiger charge is 2.22. The number of nitrogens with zero attached hydrogens (tertiary/aromatic N) is 6. The number of piperidine rings is 1. The van der Waals surface area contributed by atoms with Crippen LogP contribution in [-0.4, -0.2) is 48.8 Å². The van der Waals surface area contributed by atoms with Gasteiger partial charge in [0.2, 0.25) is 11.8 Å². The fraction of sp³-hybridized carbons (Fsp3) is 0.467. The number of hydrogen-bond donors (Lipinski definition) is 0. The zero-order valence-corrected chi connectivity index (χ0v) is 12.9. The first kappa shape index (κ1) is 14.1. The fourth-order valence-electron chi connectivity index (χ4n) is 2.81. The number of likely N-dealkylation sites (tertiary alicyclic amines) is 1. The van der Waals surface area contributed by atoms with Gasteiger partial charge in [-0.2, -0.15) is 15.1 Å². The van der Waals surface area contributed by atoms with Crippen LogP contribution in [0.5, 0.6) is 5.88 Å². The molecular weight excluding hydrogens is 296 g/mol. The normalized spacial score (nSPS) is 16.9. The monoisotopic (exact) mass is 314 g/mol. The molecule has 0 unspecified atom stereocenters. The Labute approximate surface area is 133 Å². The van der Waals surface area contributed by atoms with Gasteiger partial charge in [0.15, 0.2) is 11.5 Å². The number of ether oxygens (including phenoxy) is 1. The Morgan fingerprint density at radius 1 is 1.26 bits per heavy atom. The molecule has 0 aliphatic carbocycles. The second kappa shape index (κ2) is 5.96. The zero-order chi connectivity index (χ0) is 15.6. The number of fused-ring (bicyclic) bond motifs is 1. The van der Waals surface area contributed by atoms with Gasteiger partial charge in [-0.15, -0.1) is 0 Å². The topological polar surface area (TPSA) is 81.6 Å². The van der Waals surface area contributed by atoms with Crippen molar-refractivity contribution in [2.45, 2.75) is 32.4 Å². The molecule has 1 aliphatic rings. The Morgan fingerprint density at radius 2 is 2.13 bits per heavy atom. The predicted molar refractivity (Wildman–Crippen MR) is 80.9 cm³/mol. The van der Waals surface area contributed by atoms with Crippen molar-refractivity contribution in [3.05, 3.63) is 36.2 Å². The maximum Gasteiger partial charge on any atom is 0.240 e. The minimum atomic E-state index is 0.188. The quantitative estimate of drug-likeness (QED) is 0.721. The summed E-state index contributed by atoms with van der Waals surface area (Å²) in [5.41, 5.74) is 0.798. The molecule has 0 aromatic carbocycles. The molecule has 0 bridgehead atoms. The van der Waals surface area contributed by atoms with E-state index in [4.69, 9.17) is 9.26 Å². The first-order valence-electron chi connectivity index (χ1n) is 7.75.